The van der Waals surface area contributed by atoms with Gasteiger partial charge in [-0.05, 0) is 44.0 Å². The summed E-state index contributed by atoms with van der Waals surface area (Å²) >= 11 is 7.07. The zero-order chi connectivity index (χ0) is 21.2. The second-order valence-electron chi connectivity index (χ2n) is 6.71. The van der Waals surface area contributed by atoms with Gasteiger partial charge in [0.05, 0.1) is 36.4 Å². The summed E-state index contributed by atoms with van der Waals surface area (Å²) in [5, 5.41) is 4.69. The fourth-order valence-electron chi connectivity index (χ4n) is 4.06. The first-order valence-corrected chi connectivity index (χ1v) is 10.5. The molecule has 0 radical (unpaired) electrons. The Labute approximate surface area is 186 Å². The number of pyridine rings is 2. The van der Waals surface area contributed by atoms with Crippen molar-refractivity contribution in [2.24, 2.45) is 0 Å². The van der Waals surface area contributed by atoms with E-state index < -0.39 is 11.9 Å². The minimum Gasteiger partial charge on any atom is -0.465 e. The number of benzene rings is 3. The molecule has 0 saturated carbocycles. The van der Waals surface area contributed by atoms with Crippen molar-refractivity contribution in [2.45, 2.75) is 0 Å². The molecule has 2 aromatic heterocycles. The molecule has 8 heteroatoms. The molecule has 0 atom stereocenters. The summed E-state index contributed by atoms with van der Waals surface area (Å²) in [4.78, 5) is 34.1. The molecule has 6 nitrogen and oxygen atoms in total. The predicted molar refractivity (Wildman–Crippen MR) is 121 cm³/mol. The second-order valence-corrected chi connectivity index (χ2v) is 8.42. The fraction of sp³-hybridized carbons (Fsp3) is 0.0909. The largest absolute Gasteiger partial charge is 0.465 e. The Morgan fingerprint density at radius 2 is 1.10 bits per heavy atom. The normalized spacial score (nSPS) is 11.6. The maximum absolute atomic E-state index is 12.4. The Hall–Kier alpha value is -2.84. The van der Waals surface area contributed by atoms with Crippen LogP contribution in [0.3, 0.4) is 0 Å². The van der Waals surface area contributed by atoms with E-state index in [-0.39, 0.29) is 0 Å². The number of hydrogen-bond donors (Lipinski definition) is 0. The average Bonchev–Trinajstić information content (AvgIpc) is 2.77. The van der Waals surface area contributed by atoms with Gasteiger partial charge in [0, 0.05) is 53.7 Å². The lowest BCUT2D eigenvalue weighted by Gasteiger charge is -2.17. The number of esters is 2. The lowest BCUT2D eigenvalue weighted by atomic mass is 9.91. The van der Waals surface area contributed by atoms with Crippen molar-refractivity contribution in [2.75, 3.05) is 14.2 Å². The summed E-state index contributed by atoms with van der Waals surface area (Å²) in [5.41, 5.74) is 2.30. The summed E-state index contributed by atoms with van der Waals surface area (Å²) < 4.78 is 11.3. The average molecular weight is 528 g/mol. The minimum absolute atomic E-state index is 0.430. The lowest BCUT2D eigenvalue weighted by Crippen LogP contribution is -2.05. The van der Waals surface area contributed by atoms with Crippen LogP contribution in [-0.4, -0.2) is 36.1 Å². The number of carbonyl (C=O) groups excluding carboxylic acids is 2. The van der Waals surface area contributed by atoms with Crippen molar-refractivity contribution < 1.29 is 19.1 Å². The number of carbonyl (C=O) groups is 2. The molecule has 0 aliphatic heterocycles. The first-order valence-electron chi connectivity index (χ1n) is 8.87. The van der Waals surface area contributed by atoms with Gasteiger partial charge in [-0.2, -0.15) is 0 Å². The monoisotopic (exact) mass is 526 g/mol. The van der Waals surface area contributed by atoms with Gasteiger partial charge in [0.2, 0.25) is 0 Å². The quantitative estimate of drug-likeness (QED) is 0.168. The van der Waals surface area contributed by atoms with Crippen molar-refractivity contribution in [3.63, 3.8) is 0 Å². The predicted octanol–water partition coefficient (Wildman–Crippen LogP) is 5.63. The fourth-order valence-corrected chi connectivity index (χ4v) is 5.09. The van der Waals surface area contributed by atoms with E-state index in [1.54, 1.807) is 24.5 Å². The second kappa shape index (κ2) is 6.85. The molecule has 3 aromatic carbocycles. The van der Waals surface area contributed by atoms with Gasteiger partial charge in [-0.15, -0.1) is 0 Å². The van der Waals surface area contributed by atoms with Crippen LogP contribution in [-0.2, 0) is 9.47 Å². The third kappa shape index (κ3) is 2.47. The van der Waals surface area contributed by atoms with Gasteiger partial charge >= 0.3 is 11.9 Å². The molecular formula is C22H12Br2N2O4. The highest BCUT2D eigenvalue weighted by molar-refractivity contribution is 9.11. The number of aromatic nitrogens is 2. The van der Waals surface area contributed by atoms with E-state index in [1.165, 1.54) is 14.2 Å². The van der Waals surface area contributed by atoms with Crippen LogP contribution in [0.15, 0.2) is 45.6 Å². The van der Waals surface area contributed by atoms with E-state index in [1.807, 2.05) is 12.1 Å². The van der Waals surface area contributed by atoms with Crippen LogP contribution < -0.4 is 0 Å². The Morgan fingerprint density at radius 1 is 0.700 bits per heavy atom. The van der Waals surface area contributed by atoms with E-state index in [9.17, 15) is 9.59 Å². The van der Waals surface area contributed by atoms with Crippen molar-refractivity contribution in [1.82, 2.24) is 9.97 Å². The van der Waals surface area contributed by atoms with Crippen LogP contribution >= 0.6 is 31.9 Å². The van der Waals surface area contributed by atoms with Crippen molar-refractivity contribution in [1.29, 1.82) is 0 Å². The van der Waals surface area contributed by atoms with Crippen LogP contribution in [0.25, 0.3) is 43.4 Å². The van der Waals surface area contributed by atoms with Gasteiger partial charge < -0.3 is 9.47 Å². The van der Waals surface area contributed by atoms with E-state index >= 15 is 0 Å². The summed E-state index contributed by atoms with van der Waals surface area (Å²) in [6.07, 6.45) is 3.34. The highest BCUT2D eigenvalue weighted by Crippen LogP contribution is 2.43. The molecule has 0 saturated heterocycles. The number of ether oxygens (including phenoxy) is 2. The third-order valence-corrected chi connectivity index (χ3v) is 6.50. The van der Waals surface area contributed by atoms with Crippen LogP contribution in [0.5, 0.6) is 0 Å². The Morgan fingerprint density at radius 3 is 1.47 bits per heavy atom. The first-order chi connectivity index (χ1) is 14.5. The zero-order valence-electron chi connectivity index (χ0n) is 15.7. The molecule has 0 bridgehead atoms. The maximum atomic E-state index is 12.4. The molecule has 5 aromatic rings. The summed E-state index contributed by atoms with van der Waals surface area (Å²) in [6, 6.07) is 7.14. The van der Waals surface area contributed by atoms with Gasteiger partial charge in [0.15, 0.2) is 0 Å². The molecule has 0 spiro atoms. The molecule has 0 N–H and O–H groups in total. The first kappa shape index (κ1) is 19.1. The molecular weight excluding hydrogens is 516 g/mol. The smallest absolute Gasteiger partial charge is 0.338 e. The van der Waals surface area contributed by atoms with Gasteiger partial charge in [-0.1, -0.05) is 12.1 Å². The van der Waals surface area contributed by atoms with Crippen LogP contribution in [0.4, 0.5) is 0 Å². The molecule has 148 valence electrons. The molecule has 0 amide bonds. The third-order valence-electron chi connectivity index (χ3n) is 5.30. The molecule has 0 aliphatic carbocycles. The molecule has 30 heavy (non-hydrogen) atoms. The number of hydrogen-bond acceptors (Lipinski definition) is 6. The van der Waals surface area contributed by atoms with Gasteiger partial charge in [-0.3, -0.25) is 9.97 Å². The highest BCUT2D eigenvalue weighted by Gasteiger charge is 2.24. The lowest BCUT2D eigenvalue weighted by molar-refractivity contribution is 0.0594. The SMILES string of the molecule is COC(=O)c1ccc2c3ncc(Br)c4c(C(=O)OC)ccc(c5ncc(Br)c1c25)c43. The number of nitrogens with zero attached hydrogens (tertiary/aromatic N) is 2. The summed E-state index contributed by atoms with van der Waals surface area (Å²) in [5.74, 6) is -0.861. The minimum atomic E-state index is -0.430. The molecule has 5 rings (SSSR count). The maximum Gasteiger partial charge on any atom is 0.338 e. The van der Waals surface area contributed by atoms with Gasteiger partial charge in [0.1, 0.15) is 0 Å². The van der Waals surface area contributed by atoms with Crippen LogP contribution in [0.2, 0.25) is 0 Å². The van der Waals surface area contributed by atoms with Crippen LogP contribution in [0.1, 0.15) is 20.7 Å². The molecule has 0 fully saturated rings. The van der Waals surface area contributed by atoms with Crippen molar-refractivity contribution >= 4 is 87.1 Å². The van der Waals surface area contributed by atoms with Gasteiger partial charge in [0.25, 0.3) is 0 Å². The number of fused-ring (bicyclic) bond motifs is 2. The molecule has 0 unspecified atom stereocenters. The molecule has 0 aliphatic rings. The molecule has 2 heterocycles. The highest BCUT2D eigenvalue weighted by atomic mass is 79.9. The van der Waals surface area contributed by atoms with E-state index in [2.05, 4.69) is 41.8 Å². The van der Waals surface area contributed by atoms with E-state index in [0.717, 1.165) is 21.5 Å². The van der Waals surface area contributed by atoms with Crippen molar-refractivity contribution in [3.05, 3.63) is 56.7 Å². The topological polar surface area (TPSA) is 78.4 Å². The number of rotatable bonds is 2. The number of halogens is 2. The summed E-state index contributed by atoms with van der Waals surface area (Å²) in [6.45, 7) is 0. The Kier molecular flexibility index (Phi) is 4.37. The van der Waals surface area contributed by atoms with E-state index in [0.29, 0.717) is 41.9 Å². The number of methoxy groups -OCH3 is 2. The zero-order valence-corrected chi connectivity index (χ0v) is 18.9. The van der Waals surface area contributed by atoms with Gasteiger partial charge in [-0.25, -0.2) is 9.59 Å². The summed E-state index contributed by atoms with van der Waals surface area (Å²) in [7, 11) is 2.71. The van der Waals surface area contributed by atoms with E-state index in [4.69, 9.17) is 9.47 Å². The Bertz CT molecular complexity index is 1400. The Balaban J connectivity index is 2.10. The van der Waals surface area contributed by atoms with Crippen molar-refractivity contribution in [3.8, 4) is 0 Å². The standard InChI is InChI=1S/C22H12Br2N2O4/c1-29-21(27)11-5-3-9-17-15(11)13(23)7-25-19(17)10-4-6-12(22(28)30-2)16-14(24)8-26-20(9)18(10)16/h3-8H,1-2H3. The van der Waals surface area contributed by atoms with Crippen LogP contribution in [0, 0.1) is 0 Å².